The van der Waals surface area contributed by atoms with Crippen LogP contribution in [0, 0.1) is 6.92 Å². The fraction of sp³-hybridized carbons (Fsp3) is 0.533. The molecule has 1 N–H and O–H groups in total. The number of aryl methyl sites for hydroxylation is 1. The number of ketones is 1. The number of hydrogen-bond acceptors (Lipinski definition) is 4. The van der Waals surface area contributed by atoms with E-state index in [9.17, 15) is 4.79 Å². The van der Waals surface area contributed by atoms with Crippen LogP contribution in [0.4, 0.5) is 0 Å². The van der Waals surface area contributed by atoms with Gasteiger partial charge in [-0.2, -0.15) is 0 Å². The summed E-state index contributed by atoms with van der Waals surface area (Å²) in [5.41, 5.74) is 1.80. The summed E-state index contributed by atoms with van der Waals surface area (Å²) in [5.74, 6) is 1.03. The van der Waals surface area contributed by atoms with Crippen molar-refractivity contribution in [2.75, 3.05) is 39.3 Å². The van der Waals surface area contributed by atoms with E-state index in [0.717, 1.165) is 43.1 Å². The smallest absolute Gasteiger partial charge is 0.177 e. The van der Waals surface area contributed by atoms with Crippen LogP contribution in [-0.2, 0) is 0 Å². The lowest BCUT2D eigenvalue weighted by Crippen LogP contribution is -2.45. The number of rotatable bonds is 5. The zero-order valence-electron chi connectivity index (χ0n) is 11.7. The molecule has 0 unspecified atom stereocenters. The Labute approximate surface area is 114 Å². The summed E-state index contributed by atoms with van der Waals surface area (Å²) in [6.45, 7) is 8.91. The van der Waals surface area contributed by atoms with Crippen molar-refractivity contribution in [1.82, 2.24) is 10.2 Å². The maximum absolute atomic E-state index is 12.3. The van der Waals surface area contributed by atoms with Crippen molar-refractivity contribution in [3.05, 3.63) is 29.3 Å². The van der Waals surface area contributed by atoms with E-state index in [2.05, 4.69) is 10.2 Å². The van der Waals surface area contributed by atoms with Crippen LogP contribution in [0.25, 0.3) is 0 Å². The van der Waals surface area contributed by atoms with Crippen LogP contribution >= 0.6 is 0 Å². The molecule has 1 fully saturated rings. The number of ether oxygens (including phenoxy) is 1. The lowest BCUT2D eigenvalue weighted by atomic mass is 10.0. The van der Waals surface area contributed by atoms with Gasteiger partial charge in [0.2, 0.25) is 0 Å². The van der Waals surface area contributed by atoms with Crippen molar-refractivity contribution in [3.8, 4) is 5.75 Å². The molecule has 0 atom stereocenters. The molecule has 19 heavy (non-hydrogen) atoms. The van der Waals surface area contributed by atoms with Crippen molar-refractivity contribution < 1.29 is 9.53 Å². The third-order valence-corrected chi connectivity index (χ3v) is 3.39. The Bertz CT molecular complexity index is 440. The monoisotopic (exact) mass is 262 g/mol. The minimum atomic E-state index is 0.197. The fourth-order valence-corrected chi connectivity index (χ4v) is 2.36. The van der Waals surface area contributed by atoms with Crippen molar-refractivity contribution >= 4 is 5.78 Å². The van der Waals surface area contributed by atoms with Gasteiger partial charge in [0.1, 0.15) is 5.75 Å². The number of carbonyl (C=O) groups excluding carboxylic acids is 1. The number of hydrogen-bond donors (Lipinski definition) is 1. The number of nitrogens with one attached hydrogen (secondary N) is 1. The van der Waals surface area contributed by atoms with Gasteiger partial charge in [-0.1, -0.05) is 0 Å². The third-order valence-electron chi connectivity index (χ3n) is 3.39. The maximum Gasteiger partial charge on any atom is 0.177 e. The van der Waals surface area contributed by atoms with E-state index >= 15 is 0 Å². The maximum atomic E-state index is 12.3. The van der Waals surface area contributed by atoms with Crippen molar-refractivity contribution in [3.63, 3.8) is 0 Å². The first-order chi connectivity index (χ1) is 9.20. The Hall–Kier alpha value is -1.39. The Morgan fingerprint density at radius 2 is 2.11 bits per heavy atom. The minimum absolute atomic E-state index is 0.197. The molecular weight excluding hydrogens is 240 g/mol. The van der Waals surface area contributed by atoms with Crippen LogP contribution in [-0.4, -0.2) is 50.0 Å². The molecule has 0 aliphatic carbocycles. The van der Waals surface area contributed by atoms with E-state index in [1.807, 2.05) is 32.0 Å². The molecular formula is C15H22N2O2. The second-order valence-electron chi connectivity index (χ2n) is 4.86. The molecule has 1 aliphatic heterocycles. The van der Waals surface area contributed by atoms with Crippen LogP contribution in [0.1, 0.15) is 22.8 Å². The van der Waals surface area contributed by atoms with E-state index in [0.29, 0.717) is 13.2 Å². The lowest BCUT2D eigenvalue weighted by Gasteiger charge is -2.26. The Morgan fingerprint density at radius 3 is 2.74 bits per heavy atom. The van der Waals surface area contributed by atoms with Crippen molar-refractivity contribution in [2.45, 2.75) is 13.8 Å². The van der Waals surface area contributed by atoms with Gasteiger partial charge in [-0.15, -0.1) is 0 Å². The SMILES string of the molecule is CCOc1ccc(C(=O)CN2CCNCC2)c(C)c1. The Balaban J connectivity index is 2.01. The van der Waals surface area contributed by atoms with Crippen molar-refractivity contribution in [2.24, 2.45) is 0 Å². The second-order valence-corrected chi connectivity index (χ2v) is 4.86. The zero-order chi connectivity index (χ0) is 13.7. The van der Waals surface area contributed by atoms with E-state index < -0.39 is 0 Å². The van der Waals surface area contributed by atoms with E-state index in [4.69, 9.17) is 4.74 Å². The highest BCUT2D eigenvalue weighted by molar-refractivity contribution is 5.99. The van der Waals surface area contributed by atoms with E-state index in [1.54, 1.807) is 0 Å². The standard InChI is InChI=1S/C15H22N2O2/c1-3-19-13-4-5-14(12(2)10-13)15(18)11-17-8-6-16-7-9-17/h4-5,10,16H,3,6-9,11H2,1-2H3. The molecule has 1 aliphatic rings. The number of benzene rings is 1. The number of Topliss-reactive ketones (excluding diaryl/α,β-unsaturated/α-hetero) is 1. The van der Waals surface area contributed by atoms with E-state index in [1.165, 1.54) is 0 Å². The van der Waals surface area contributed by atoms with Crippen LogP contribution in [0.2, 0.25) is 0 Å². The van der Waals surface area contributed by atoms with Gasteiger partial charge in [-0.05, 0) is 37.6 Å². The third kappa shape index (κ3) is 3.78. The average Bonchev–Trinajstić information content (AvgIpc) is 2.40. The molecule has 0 radical (unpaired) electrons. The molecule has 1 aromatic carbocycles. The van der Waals surface area contributed by atoms with Gasteiger partial charge < -0.3 is 10.1 Å². The number of piperazine rings is 1. The molecule has 4 nitrogen and oxygen atoms in total. The van der Waals surface area contributed by atoms with Gasteiger partial charge in [0, 0.05) is 31.7 Å². The Morgan fingerprint density at radius 1 is 1.37 bits per heavy atom. The summed E-state index contributed by atoms with van der Waals surface area (Å²) < 4.78 is 5.44. The largest absolute Gasteiger partial charge is 0.494 e. The minimum Gasteiger partial charge on any atom is -0.494 e. The van der Waals surface area contributed by atoms with Gasteiger partial charge in [-0.3, -0.25) is 9.69 Å². The first-order valence-corrected chi connectivity index (χ1v) is 6.90. The molecule has 0 amide bonds. The highest BCUT2D eigenvalue weighted by Gasteiger charge is 2.16. The molecule has 1 saturated heterocycles. The zero-order valence-corrected chi connectivity index (χ0v) is 11.7. The first-order valence-electron chi connectivity index (χ1n) is 6.90. The molecule has 0 bridgehead atoms. The van der Waals surface area contributed by atoms with Gasteiger partial charge in [0.05, 0.1) is 13.2 Å². The molecule has 0 spiro atoms. The summed E-state index contributed by atoms with van der Waals surface area (Å²) in [4.78, 5) is 14.5. The highest BCUT2D eigenvalue weighted by atomic mass is 16.5. The summed E-state index contributed by atoms with van der Waals surface area (Å²) in [5, 5.41) is 3.29. The first kappa shape index (κ1) is 14.0. The fourth-order valence-electron chi connectivity index (χ4n) is 2.36. The molecule has 0 saturated carbocycles. The Kier molecular flexibility index (Phi) is 4.93. The number of nitrogens with zero attached hydrogens (tertiary/aromatic N) is 1. The number of carbonyl (C=O) groups is 1. The molecule has 1 aromatic rings. The summed E-state index contributed by atoms with van der Waals surface area (Å²) in [6.07, 6.45) is 0. The molecule has 1 heterocycles. The second kappa shape index (κ2) is 6.68. The summed E-state index contributed by atoms with van der Waals surface area (Å²) in [7, 11) is 0. The van der Waals surface area contributed by atoms with Gasteiger partial charge in [0.25, 0.3) is 0 Å². The lowest BCUT2D eigenvalue weighted by molar-refractivity contribution is 0.0921. The highest BCUT2D eigenvalue weighted by Crippen LogP contribution is 2.18. The molecule has 0 aromatic heterocycles. The summed E-state index contributed by atoms with van der Waals surface area (Å²) in [6, 6.07) is 5.70. The molecule has 2 rings (SSSR count). The predicted octanol–water partition coefficient (Wildman–Crippen LogP) is 1.48. The normalized spacial score (nSPS) is 16.3. The van der Waals surface area contributed by atoms with Crippen LogP contribution in [0.3, 0.4) is 0 Å². The van der Waals surface area contributed by atoms with Gasteiger partial charge >= 0.3 is 0 Å². The van der Waals surface area contributed by atoms with E-state index in [-0.39, 0.29) is 5.78 Å². The molecule has 104 valence electrons. The van der Waals surface area contributed by atoms with Gasteiger partial charge in [0.15, 0.2) is 5.78 Å². The van der Waals surface area contributed by atoms with Crippen molar-refractivity contribution in [1.29, 1.82) is 0 Å². The summed E-state index contributed by atoms with van der Waals surface area (Å²) >= 11 is 0. The van der Waals surface area contributed by atoms with Crippen LogP contribution in [0.15, 0.2) is 18.2 Å². The van der Waals surface area contributed by atoms with Crippen LogP contribution < -0.4 is 10.1 Å². The van der Waals surface area contributed by atoms with Gasteiger partial charge in [-0.25, -0.2) is 0 Å². The quantitative estimate of drug-likeness (QED) is 0.816. The molecule has 4 heteroatoms. The predicted molar refractivity (Wildman–Crippen MR) is 76.0 cm³/mol. The topological polar surface area (TPSA) is 41.6 Å². The van der Waals surface area contributed by atoms with Crippen LogP contribution in [0.5, 0.6) is 5.75 Å². The average molecular weight is 262 g/mol.